The molecule has 0 amide bonds. The van der Waals surface area contributed by atoms with Gasteiger partial charge in [0.05, 0.1) is 11.1 Å². The zero-order valence-electron chi connectivity index (χ0n) is 17.9. The summed E-state index contributed by atoms with van der Waals surface area (Å²) in [6.07, 6.45) is 7.71. The van der Waals surface area contributed by atoms with Crippen molar-refractivity contribution >= 4 is 49.6 Å². The van der Waals surface area contributed by atoms with Crippen LogP contribution in [-0.2, 0) is 0 Å². The van der Waals surface area contributed by atoms with Gasteiger partial charge in [0.2, 0.25) is 0 Å². The van der Waals surface area contributed by atoms with Gasteiger partial charge in [-0.1, -0.05) is 60.7 Å². The van der Waals surface area contributed by atoms with Crippen molar-refractivity contribution in [1.82, 2.24) is 0 Å². The fourth-order valence-corrected chi connectivity index (χ4v) is 4.97. The van der Waals surface area contributed by atoms with E-state index in [-0.39, 0.29) is 0 Å². The summed E-state index contributed by atoms with van der Waals surface area (Å²) in [4.78, 5) is 0. The van der Waals surface area contributed by atoms with Crippen molar-refractivity contribution in [3.05, 3.63) is 114 Å². The molecular formula is C30H21NO2. The highest BCUT2D eigenvalue weighted by Crippen LogP contribution is 2.37. The zero-order valence-corrected chi connectivity index (χ0v) is 17.9. The second kappa shape index (κ2) is 7.14. The summed E-state index contributed by atoms with van der Waals surface area (Å²) in [5.74, 6) is 0.346. The number of furan rings is 2. The minimum Gasteiger partial charge on any atom is -0.456 e. The molecule has 158 valence electrons. The van der Waals surface area contributed by atoms with Crippen LogP contribution in [0.4, 0.5) is 5.69 Å². The minimum absolute atomic E-state index is 0.346. The van der Waals surface area contributed by atoms with Gasteiger partial charge in [0.25, 0.3) is 0 Å². The van der Waals surface area contributed by atoms with Crippen LogP contribution in [0.15, 0.2) is 118 Å². The van der Waals surface area contributed by atoms with E-state index in [1.807, 2.05) is 36.4 Å². The Hall–Kier alpha value is -4.24. The van der Waals surface area contributed by atoms with E-state index in [2.05, 4.69) is 72.1 Å². The quantitative estimate of drug-likeness (QED) is 0.307. The van der Waals surface area contributed by atoms with Crippen LogP contribution in [0.3, 0.4) is 0 Å². The van der Waals surface area contributed by atoms with E-state index in [9.17, 15) is 0 Å². The van der Waals surface area contributed by atoms with Crippen LogP contribution in [0.2, 0.25) is 0 Å². The van der Waals surface area contributed by atoms with Gasteiger partial charge in [0.1, 0.15) is 22.3 Å². The van der Waals surface area contributed by atoms with Crippen LogP contribution in [-0.4, -0.2) is 0 Å². The Bertz CT molecular complexity index is 1730. The molecule has 1 aliphatic carbocycles. The highest BCUT2D eigenvalue weighted by molar-refractivity contribution is 6.11. The summed E-state index contributed by atoms with van der Waals surface area (Å²) in [5, 5.41) is 8.24. The van der Waals surface area contributed by atoms with Crippen LogP contribution in [0.5, 0.6) is 0 Å². The topological polar surface area (TPSA) is 38.3 Å². The molecule has 0 saturated heterocycles. The molecule has 1 atom stereocenters. The summed E-state index contributed by atoms with van der Waals surface area (Å²) in [7, 11) is 0. The van der Waals surface area contributed by atoms with Gasteiger partial charge in [-0.25, -0.2) is 0 Å². The summed E-state index contributed by atoms with van der Waals surface area (Å²) in [6, 6.07) is 29.2. The van der Waals surface area contributed by atoms with Crippen molar-refractivity contribution in [2.75, 3.05) is 5.32 Å². The number of benzene rings is 4. The van der Waals surface area contributed by atoms with Crippen molar-refractivity contribution in [1.29, 1.82) is 0 Å². The first-order valence-corrected chi connectivity index (χ1v) is 11.3. The molecule has 1 aliphatic rings. The third kappa shape index (κ3) is 2.97. The largest absolute Gasteiger partial charge is 0.456 e. The molecule has 0 saturated carbocycles. The maximum absolute atomic E-state index is 6.03. The van der Waals surface area contributed by atoms with Crippen molar-refractivity contribution in [3.8, 4) is 0 Å². The van der Waals surface area contributed by atoms with Gasteiger partial charge in [-0.2, -0.15) is 0 Å². The van der Waals surface area contributed by atoms with Crippen molar-refractivity contribution < 1.29 is 8.83 Å². The first-order valence-electron chi connectivity index (χ1n) is 11.3. The third-order valence-corrected chi connectivity index (χ3v) is 6.61. The van der Waals surface area contributed by atoms with E-state index in [1.165, 1.54) is 16.3 Å². The second-order valence-electron chi connectivity index (χ2n) is 8.62. The van der Waals surface area contributed by atoms with Crippen LogP contribution in [0.1, 0.15) is 17.9 Å². The molecule has 7 rings (SSSR count). The Kier molecular flexibility index (Phi) is 3.97. The Labute approximate surface area is 190 Å². The van der Waals surface area contributed by atoms with Crippen LogP contribution in [0.25, 0.3) is 43.9 Å². The Morgan fingerprint density at radius 1 is 0.667 bits per heavy atom. The normalized spacial score (nSPS) is 16.1. The number of nitrogens with one attached hydrogen (secondary N) is 1. The molecule has 1 N–H and O–H groups in total. The van der Waals surface area contributed by atoms with Gasteiger partial charge in [0, 0.05) is 27.8 Å². The number of rotatable bonds is 3. The lowest BCUT2D eigenvalue weighted by molar-refractivity contribution is 0.668. The molecule has 0 aliphatic heterocycles. The van der Waals surface area contributed by atoms with Gasteiger partial charge in [0.15, 0.2) is 0 Å². The second-order valence-corrected chi connectivity index (χ2v) is 8.62. The van der Waals surface area contributed by atoms with E-state index < -0.39 is 0 Å². The van der Waals surface area contributed by atoms with Crippen molar-refractivity contribution in [2.24, 2.45) is 0 Å². The standard InChI is InChI=1S/C30H21NO2/c1-3-9-26-22(6-1)24-18-20(14-17-28(24)32-26)19-12-15-21(16-13-19)31-25-8-5-11-29-30(25)23-7-2-4-10-27(23)33-29/h1-12,14-19,31H,13H2. The predicted octanol–water partition coefficient (Wildman–Crippen LogP) is 8.52. The number of hydrogen-bond acceptors (Lipinski definition) is 3. The molecule has 3 heteroatoms. The minimum atomic E-state index is 0.346. The molecule has 3 nitrogen and oxygen atoms in total. The maximum Gasteiger partial charge on any atom is 0.137 e. The number of para-hydroxylation sites is 2. The average Bonchev–Trinajstić information content (AvgIpc) is 3.43. The van der Waals surface area contributed by atoms with Gasteiger partial charge in [-0.15, -0.1) is 0 Å². The first-order chi connectivity index (χ1) is 16.3. The Morgan fingerprint density at radius 2 is 1.39 bits per heavy atom. The highest BCUT2D eigenvalue weighted by atomic mass is 16.3. The molecule has 0 spiro atoms. The monoisotopic (exact) mass is 427 g/mol. The summed E-state index contributed by atoms with van der Waals surface area (Å²) in [6.45, 7) is 0. The molecule has 0 fully saturated rings. The van der Waals surface area contributed by atoms with E-state index in [1.54, 1.807) is 0 Å². The lowest BCUT2D eigenvalue weighted by Gasteiger charge is -2.18. The summed E-state index contributed by atoms with van der Waals surface area (Å²) < 4.78 is 12.0. The average molecular weight is 428 g/mol. The van der Waals surface area contributed by atoms with E-state index in [0.717, 1.165) is 50.9 Å². The van der Waals surface area contributed by atoms with Gasteiger partial charge >= 0.3 is 0 Å². The third-order valence-electron chi connectivity index (χ3n) is 6.61. The van der Waals surface area contributed by atoms with Gasteiger partial charge < -0.3 is 14.2 Å². The molecule has 2 heterocycles. The highest BCUT2D eigenvalue weighted by Gasteiger charge is 2.16. The Balaban J connectivity index is 1.19. The zero-order chi connectivity index (χ0) is 21.8. The summed E-state index contributed by atoms with van der Waals surface area (Å²) in [5.41, 5.74) is 7.19. The number of anilines is 1. The molecule has 0 radical (unpaired) electrons. The molecule has 0 bridgehead atoms. The smallest absolute Gasteiger partial charge is 0.137 e. The van der Waals surface area contributed by atoms with Crippen molar-refractivity contribution in [3.63, 3.8) is 0 Å². The maximum atomic E-state index is 6.03. The molecule has 2 aromatic heterocycles. The van der Waals surface area contributed by atoms with Crippen LogP contribution in [0, 0.1) is 0 Å². The van der Waals surface area contributed by atoms with Crippen molar-refractivity contribution in [2.45, 2.75) is 12.3 Å². The number of hydrogen-bond donors (Lipinski definition) is 1. The SMILES string of the molecule is C1=CC(c2ccc3oc4ccccc4c3c2)CC=C1Nc1cccc2oc3ccccc3c12. The van der Waals surface area contributed by atoms with Crippen LogP contribution < -0.4 is 5.32 Å². The van der Waals surface area contributed by atoms with Gasteiger partial charge in [-0.05, 0) is 54.5 Å². The van der Waals surface area contributed by atoms with Crippen LogP contribution >= 0.6 is 0 Å². The first kappa shape index (κ1) is 18.3. The lowest BCUT2D eigenvalue weighted by Crippen LogP contribution is -2.04. The molecular weight excluding hydrogens is 406 g/mol. The molecule has 4 aromatic carbocycles. The number of fused-ring (bicyclic) bond motifs is 6. The summed E-state index contributed by atoms with van der Waals surface area (Å²) >= 11 is 0. The predicted molar refractivity (Wildman–Crippen MR) is 136 cm³/mol. The molecule has 1 unspecified atom stereocenters. The molecule has 6 aromatic rings. The fraction of sp³-hybridized carbons (Fsp3) is 0.0667. The number of allylic oxidation sites excluding steroid dienone is 3. The lowest BCUT2D eigenvalue weighted by atomic mass is 9.90. The van der Waals surface area contributed by atoms with E-state index in [4.69, 9.17) is 8.83 Å². The Morgan fingerprint density at radius 3 is 2.24 bits per heavy atom. The van der Waals surface area contributed by atoms with E-state index >= 15 is 0 Å². The van der Waals surface area contributed by atoms with Gasteiger partial charge in [-0.3, -0.25) is 0 Å². The van der Waals surface area contributed by atoms with E-state index in [0.29, 0.717) is 5.92 Å². The molecule has 33 heavy (non-hydrogen) atoms. The fourth-order valence-electron chi connectivity index (χ4n) is 4.97.